The molecule has 3 nitrogen and oxygen atoms in total. The molecule has 118 valence electrons. The van der Waals surface area contributed by atoms with Gasteiger partial charge in [0.05, 0.1) is 0 Å². The summed E-state index contributed by atoms with van der Waals surface area (Å²) in [7, 11) is 0. The zero-order chi connectivity index (χ0) is 14.4. The third-order valence-corrected chi connectivity index (χ3v) is 5.22. The minimum atomic E-state index is 0.733. The molecule has 20 heavy (non-hydrogen) atoms. The Hall–Kier alpha value is -0.120. The number of hydrogen-bond donors (Lipinski definition) is 1. The second-order valence-electron chi connectivity index (χ2n) is 6.73. The third-order valence-electron chi connectivity index (χ3n) is 5.22. The van der Waals surface area contributed by atoms with E-state index in [4.69, 9.17) is 0 Å². The summed E-state index contributed by atoms with van der Waals surface area (Å²) in [5, 5.41) is 3.77. The van der Waals surface area contributed by atoms with Crippen LogP contribution in [-0.4, -0.2) is 60.6 Å². The SMILES string of the molecule is CCCC1CN(C2CCN(CCC)CC2)C(CC)CN1. The third kappa shape index (κ3) is 4.19. The summed E-state index contributed by atoms with van der Waals surface area (Å²) < 4.78 is 0. The lowest BCUT2D eigenvalue weighted by Crippen LogP contribution is -2.60. The summed E-state index contributed by atoms with van der Waals surface area (Å²) in [6, 6.07) is 2.34. The molecule has 0 aromatic carbocycles. The van der Waals surface area contributed by atoms with Gasteiger partial charge < -0.3 is 10.2 Å². The number of hydrogen-bond acceptors (Lipinski definition) is 3. The van der Waals surface area contributed by atoms with Crippen molar-refractivity contribution in [3.63, 3.8) is 0 Å². The molecular formula is C17H35N3. The van der Waals surface area contributed by atoms with Gasteiger partial charge in [-0.25, -0.2) is 0 Å². The highest BCUT2D eigenvalue weighted by molar-refractivity contribution is 4.91. The lowest BCUT2D eigenvalue weighted by Gasteiger charge is -2.47. The van der Waals surface area contributed by atoms with E-state index in [-0.39, 0.29) is 0 Å². The summed E-state index contributed by atoms with van der Waals surface area (Å²) in [4.78, 5) is 5.52. The Balaban J connectivity index is 1.87. The molecule has 1 N–H and O–H groups in total. The van der Waals surface area contributed by atoms with Crippen LogP contribution in [0.3, 0.4) is 0 Å². The summed E-state index contributed by atoms with van der Waals surface area (Å²) in [5.74, 6) is 0. The van der Waals surface area contributed by atoms with Crippen LogP contribution >= 0.6 is 0 Å². The molecule has 0 spiro atoms. The van der Waals surface area contributed by atoms with Gasteiger partial charge in [0.15, 0.2) is 0 Å². The minimum Gasteiger partial charge on any atom is -0.311 e. The Labute approximate surface area is 126 Å². The first-order valence-electron chi connectivity index (χ1n) is 8.99. The van der Waals surface area contributed by atoms with Crippen LogP contribution in [0.4, 0.5) is 0 Å². The van der Waals surface area contributed by atoms with Gasteiger partial charge >= 0.3 is 0 Å². The Kier molecular flexibility index (Phi) is 6.79. The van der Waals surface area contributed by atoms with E-state index >= 15 is 0 Å². The Morgan fingerprint density at radius 2 is 1.80 bits per heavy atom. The topological polar surface area (TPSA) is 18.5 Å². The van der Waals surface area contributed by atoms with Gasteiger partial charge in [-0.15, -0.1) is 0 Å². The predicted molar refractivity (Wildman–Crippen MR) is 87.2 cm³/mol. The van der Waals surface area contributed by atoms with Gasteiger partial charge in [0.2, 0.25) is 0 Å². The molecule has 3 heteroatoms. The van der Waals surface area contributed by atoms with Crippen molar-refractivity contribution in [2.75, 3.05) is 32.7 Å². The zero-order valence-electron chi connectivity index (χ0n) is 13.9. The van der Waals surface area contributed by atoms with Crippen molar-refractivity contribution in [2.24, 2.45) is 0 Å². The first-order valence-corrected chi connectivity index (χ1v) is 8.99. The molecule has 2 saturated heterocycles. The van der Waals surface area contributed by atoms with Crippen LogP contribution in [0.1, 0.15) is 59.3 Å². The fourth-order valence-electron chi connectivity index (χ4n) is 4.05. The summed E-state index contributed by atoms with van der Waals surface area (Å²) >= 11 is 0. The molecular weight excluding hydrogens is 246 g/mol. The first kappa shape index (κ1) is 16.3. The molecule has 0 saturated carbocycles. The number of piperidine rings is 1. The Morgan fingerprint density at radius 3 is 2.40 bits per heavy atom. The number of nitrogens with one attached hydrogen (secondary N) is 1. The highest BCUT2D eigenvalue weighted by atomic mass is 15.3. The van der Waals surface area contributed by atoms with Crippen molar-refractivity contribution >= 4 is 0 Å². The molecule has 2 fully saturated rings. The summed E-state index contributed by atoms with van der Waals surface area (Å²) in [5.41, 5.74) is 0. The molecule has 0 aromatic heterocycles. The smallest absolute Gasteiger partial charge is 0.0221 e. The lowest BCUT2D eigenvalue weighted by atomic mass is 9.96. The fourth-order valence-corrected chi connectivity index (χ4v) is 4.05. The Morgan fingerprint density at radius 1 is 1.05 bits per heavy atom. The van der Waals surface area contributed by atoms with E-state index in [1.54, 1.807) is 0 Å². The number of nitrogens with zero attached hydrogens (tertiary/aromatic N) is 2. The van der Waals surface area contributed by atoms with Crippen LogP contribution in [-0.2, 0) is 0 Å². The van der Waals surface area contributed by atoms with Gasteiger partial charge in [0, 0.05) is 31.2 Å². The normalized spacial score (nSPS) is 30.8. The van der Waals surface area contributed by atoms with Crippen LogP contribution in [0.2, 0.25) is 0 Å². The number of likely N-dealkylation sites (tertiary alicyclic amines) is 1. The molecule has 0 radical (unpaired) electrons. The maximum Gasteiger partial charge on any atom is 0.0221 e. The van der Waals surface area contributed by atoms with Crippen molar-refractivity contribution < 1.29 is 0 Å². The molecule has 2 heterocycles. The fraction of sp³-hybridized carbons (Fsp3) is 1.00. The average Bonchev–Trinajstić information content (AvgIpc) is 2.49. The quantitative estimate of drug-likeness (QED) is 0.807. The molecule has 0 aliphatic carbocycles. The monoisotopic (exact) mass is 281 g/mol. The standard InChI is InChI=1S/C17H35N3/c1-4-7-15-14-20(16(6-3)13-18-15)17-8-11-19(10-5-2)12-9-17/h15-18H,4-14H2,1-3H3. The van der Waals surface area contributed by atoms with Gasteiger partial charge in [-0.3, -0.25) is 4.90 Å². The second kappa shape index (κ2) is 8.35. The van der Waals surface area contributed by atoms with Crippen LogP contribution in [0, 0.1) is 0 Å². The van der Waals surface area contributed by atoms with Crippen LogP contribution in [0.25, 0.3) is 0 Å². The van der Waals surface area contributed by atoms with E-state index in [9.17, 15) is 0 Å². The van der Waals surface area contributed by atoms with Crippen molar-refractivity contribution in [3.8, 4) is 0 Å². The molecule has 2 aliphatic rings. The first-order chi connectivity index (χ1) is 9.78. The van der Waals surface area contributed by atoms with Gasteiger partial charge in [-0.05, 0) is 51.7 Å². The molecule has 2 unspecified atom stereocenters. The number of piperazine rings is 1. The second-order valence-corrected chi connectivity index (χ2v) is 6.73. The van der Waals surface area contributed by atoms with E-state index < -0.39 is 0 Å². The average molecular weight is 281 g/mol. The molecule has 0 aromatic rings. The number of rotatable bonds is 6. The van der Waals surface area contributed by atoms with E-state index in [0.717, 1.165) is 18.1 Å². The molecule has 2 aliphatic heterocycles. The van der Waals surface area contributed by atoms with Crippen molar-refractivity contribution in [2.45, 2.75) is 77.4 Å². The van der Waals surface area contributed by atoms with E-state index in [1.807, 2.05) is 0 Å². The molecule has 2 atom stereocenters. The predicted octanol–water partition coefficient (Wildman–Crippen LogP) is 2.71. The lowest BCUT2D eigenvalue weighted by molar-refractivity contribution is 0.0391. The molecule has 0 amide bonds. The maximum absolute atomic E-state index is 3.77. The van der Waals surface area contributed by atoms with E-state index in [1.165, 1.54) is 71.2 Å². The maximum atomic E-state index is 3.77. The van der Waals surface area contributed by atoms with Gasteiger partial charge in [0.25, 0.3) is 0 Å². The molecule has 0 bridgehead atoms. The van der Waals surface area contributed by atoms with Gasteiger partial charge in [0.1, 0.15) is 0 Å². The Bertz CT molecular complexity index is 261. The highest BCUT2D eigenvalue weighted by Crippen LogP contribution is 2.23. The van der Waals surface area contributed by atoms with Crippen molar-refractivity contribution in [3.05, 3.63) is 0 Å². The molecule has 2 rings (SSSR count). The van der Waals surface area contributed by atoms with Crippen LogP contribution in [0.5, 0.6) is 0 Å². The van der Waals surface area contributed by atoms with Gasteiger partial charge in [-0.1, -0.05) is 27.2 Å². The highest BCUT2D eigenvalue weighted by Gasteiger charge is 2.33. The summed E-state index contributed by atoms with van der Waals surface area (Å²) in [6.45, 7) is 13.4. The van der Waals surface area contributed by atoms with E-state index in [0.29, 0.717) is 0 Å². The van der Waals surface area contributed by atoms with Crippen LogP contribution in [0.15, 0.2) is 0 Å². The summed E-state index contributed by atoms with van der Waals surface area (Å²) in [6.07, 6.45) is 8.00. The van der Waals surface area contributed by atoms with Crippen LogP contribution < -0.4 is 5.32 Å². The van der Waals surface area contributed by atoms with E-state index in [2.05, 4.69) is 35.9 Å². The van der Waals surface area contributed by atoms with Gasteiger partial charge in [-0.2, -0.15) is 0 Å². The minimum absolute atomic E-state index is 0.733. The van der Waals surface area contributed by atoms with Crippen molar-refractivity contribution in [1.29, 1.82) is 0 Å². The van der Waals surface area contributed by atoms with Crippen molar-refractivity contribution in [1.82, 2.24) is 15.1 Å². The zero-order valence-corrected chi connectivity index (χ0v) is 13.9. The largest absolute Gasteiger partial charge is 0.311 e.